The first kappa shape index (κ1) is 10.7. The standard InChI is InChI=1S/C13H17N3/c1-7-5-8(2)11(9(3)6-7)12-10(4)15-13(14)16-12/h5-6H,1-4H3,(H3,14,15,16). The van der Waals surface area contributed by atoms with E-state index in [-0.39, 0.29) is 0 Å². The van der Waals surface area contributed by atoms with Gasteiger partial charge in [-0.1, -0.05) is 17.7 Å². The molecule has 0 aliphatic heterocycles. The fourth-order valence-corrected chi connectivity index (χ4v) is 2.28. The lowest BCUT2D eigenvalue weighted by Gasteiger charge is -2.09. The van der Waals surface area contributed by atoms with Gasteiger partial charge in [0.1, 0.15) is 0 Å². The van der Waals surface area contributed by atoms with Crippen molar-refractivity contribution in [1.29, 1.82) is 0 Å². The van der Waals surface area contributed by atoms with E-state index in [2.05, 4.69) is 42.9 Å². The Balaban J connectivity index is 2.69. The second kappa shape index (κ2) is 3.67. The van der Waals surface area contributed by atoms with Crippen molar-refractivity contribution in [3.8, 4) is 11.3 Å². The first-order valence-corrected chi connectivity index (χ1v) is 5.39. The Morgan fingerprint density at radius 3 is 2.06 bits per heavy atom. The highest BCUT2D eigenvalue weighted by Gasteiger charge is 2.12. The van der Waals surface area contributed by atoms with Crippen LogP contribution in [-0.4, -0.2) is 9.97 Å². The van der Waals surface area contributed by atoms with Crippen molar-refractivity contribution in [2.45, 2.75) is 27.7 Å². The summed E-state index contributed by atoms with van der Waals surface area (Å²) in [6.45, 7) is 8.33. The first-order chi connectivity index (χ1) is 7.49. The molecule has 0 aliphatic carbocycles. The number of aromatic amines is 1. The predicted octanol–water partition coefficient (Wildman–Crippen LogP) is 2.89. The van der Waals surface area contributed by atoms with Crippen molar-refractivity contribution in [3.05, 3.63) is 34.5 Å². The molecule has 0 saturated heterocycles. The Hall–Kier alpha value is -1.77. The largest absolute Gasteiger partial charge is 0.369 e. The van der Waals surface area contributed by atoms with Crippen molar-refractivity contribution in [2.24, 2.45) is 0 Å². The van der Waals surface area contributed by atoms with Crippen LogP contribution < -0.4 is 5.73 Å². The number of imidazole rings is 1. The zero-order chi connectivity index (χ0) is 11.9. The minimum atomic E-state index is 0.479. The molecule has 16 heavy (non-hydrogen) atoms. The molecule has 0 radical (unpaired) electrons. The van der Waals surface area contributed by atoms with E-state index >= 15 is 0 Å². The zero-order valence-electron chi connectivity index (χ0n) is 10.2. The number of hydrogen-bond donors (Lipinski definition) is 2. The smallest absolute Gasteiger partial charge is 0.198 e. The van der Waals surface area contributed by atoms with Crippen LogP contribution in [0.1, 0.15) is 22.4 Å². The molecular formula is C13H17N3. The lowest BCUT2D eigenvalue weighted by Crippen LogP contribution is -1.92. The fraction of sp³-hybridized carbons (Fsp3) is 0.308. The quantitative estimate of drug-likeness (QED) is 0.768. The summed E-state index contributed by atoms with van der Waals surface area (Å²) in [5, 5.41) is 0. The van der Waals surface area contributed by atoms with E-state index in [9.17, 15) is 0 Å². The van der Waals surface area contributed by atoms with E-state index < -0.39 is 0 Å². The molecule has 0 amide bonds. The van der Waals surface area contributed by atoms with Crippen LogP contribution in [-0.2, 0) is 0 Å². The predicted molar refractivity (Wildman–Crippen MR) is 67.4 cm³/mol. The zero-order valence-corrected chi connectivity index (χ0v) is 10.2. The second-order valence-electron chi connectivity index (χ2n) is 4.37. The van der Waals surface area contributed by atoms with Crippen LogP contribution in [0.5, 0.6) is 0 Å². The van der Waals surface area contributed by atoms with E-state index in [0.717, 1.165) is 11.4 Å². The summed E-state index contributed by atoms with van der Waals surface area (Å²) < 4.78 is 0. The number of aryl methyl sites for hydroxylation is 4. The average Bonchev–Trinajstić information content (AvgIpc) is 2.43. The molecule has 3 nitrogen and oxygen atoms in total. The van der Waals surface area contributed by atoms with Gasteiger partial charge in [0.15, 0.2) is 5.95 Å². The van der Waals surface area contributed by atoms with Crippen molar-refractivity contribution < 1.29 is 0 Å². The van der Waals surface area contributed by atoms with Crippen molar-refractivity contribution in [1.82, 2.24) is 9.97 Å². The van der Waals surface area contributed by atoms with E-state index in [1.165, 1.54) is 22.3 Å². The van der Waals surface area contributed by atoms with Crippen LogP contribution in [0.15, 0.2) is 12.1 Å². The third-order valence-corrected chi connectivity index (χ3v) is 2.82. The Morgan fingerprint density at radius 1 is 1.06 bits per heavy atom. The molecule has 3 N–H and O–H groups in total. The van der Waals surface area contributed by atoms with Gasteiger partial charge in [-0.05, 0) is 38.8 Å². The van der Waals surface area contributed by atoms with Gasteiger partial charge in [-0.25, -0.2) is 4.98 Å². The Bertz CT molecular complexity index is 515. The monoisotopic (exact) mass is 215 g/mol. The molecule has 1 aromatic carbocycles. The molecule has 0 saturated carbocycles. The molecule has 0 fully saturated rings. The molecule has 1 aromatic heterocycles. The van der Waals surface area contributed by atoms with Gasteiger partial charge in [0, 0.05) is 11.3 Å². The Kier molecular flexibility index (Phi) is 2.46. The Labute approximate surface area is 95.7 Å². The summed E-state index contributed by atoms with van der Waals surface area (Å²) in [4.78, 5) is 7.40. The third kappa shape index (κ3) is 1.69. The molecule has 0 unspecified atom stereocenters. The second-order valence-corrected chi connectivity index (χ2v) is 4.37. The first-order valence-electron chi connectivity index (χ1n) is 5.39. The summed E-state index contributed by atoms with van der Waals surface area (Å²) in [7, 11) is 0. The van der Waals surface area contributed by atoms with Gasteiger partial charge in [0.2, 0.25) is 0 Å². The van der Waals surface area contributed by atoms with Crippen LogP contribution in [0.3, 0.4) is 0 Å². The van der Waals surface area contributed by atoms with Gasteiger partial charge >= 0.3 is 0 Å². The van der Waals surface area contributed by atoms with Crippen molar-refractivity contribution in [3.63, 3.8) is 0 Å². The summed E-state index contributed by atoms with van der Waals surface area (Å²) in [6, 6.07) is 4.35. The van der Waals surface area contributed by atoms with Crippen molar-refractivity contribution >= 4 is 5.95 Å². The number of nitrogens with two attached hydrogens (primary N) is 1. The molecule has 0 spiro atoms. The summed E-state index contributed by atoms with van der Waals surface area (Å²) in [5.41, 5.74) is 12.6. The minimum Gasteiger partial charge on any atom is -0.369 e. The molecule has 0 atom stereocenters. The van der Waals surface area contributed by atoms with Gasteiger partial charge in [-0.3, -0.25) is 0 Å². The molecule has 1 heterocycles. The van der Waals surface area contributed by atoms with Gasteiger partial charge < -0.3 is 10.7 Å². The SMILES string of the molecule is Cc1cc(C)c(-c2nc(N)[nH]c2C)c(C)c1. The summed E-state index contributed by atoms with van der Waals surface area (Å²) in [6.07, 6.45) is 0. The number of rotatable bonds is 1. The topological polar surface area (TPSA) is 54.7 Å². The van der Waals surface area contributed by atoms with Crippen LogP contribution >= 0.6 is 0 Å². The highest BCUT2D eigenvalue weighted by molar-refractivity contribution is 5.71. The van der Waals surface area contributed by atoms with Crippen LogP contribution in [0, 0.1) is 27.7 Å². The van der Waals surface area contributed by atoms with Gasteiger partial charge in [-0.2, -0.15) is 0 Å². The molecule has 3 heteroatoms. The molecule has 0 aliphatic rings. The van der Waals surface area contributed by atoms with Gasteiger partial charge in [-0.15, -0.1) is 0 Å². The Morgan fingerprint density at radius 2 is 1.62 bits per heavy atom. The normalized spacial score (nSPS) is 10.8. The minimum absolute atomic E-state index is 0.479. The molecule has 2 rings (SSSR count). The summed E-state index contributed by atoms with van der Waals surface area (Å²) in [5.74, 6) is 0.479. The van der Waals surface area contributed by atoms with Crippen LogP contribution in [0.25, 0.3) is 11.3 Å². The number of aromatic nitrogens is 2. The highest BCUT2D eigenvalue weighted by Crippen LogP contribution is 2.29. The number of H-pyrrole nitrogens is 1. The average molecular weight is 215 g/mol. The summed E-state index contributed by atoms with van der Waals surface area (Å²) >= 11 is 0. The third-order valence-electron chi connectivity index (χ3n) is 2.82. The molecule has 2 aromatic rings. The number of hydrogen-bond acceptors (Lipinski definition) is 2. The fourth-order valence-electron chi connectivity index (χ4n) is 2.28. The van der Waals surface area contributed by atoms with Crippen molar-refractivity contribution in [2.75, 3.05) is 5.73 Å². The molecular weight excluding hydrogens is 198 g/mol. The number of benzene rings is 1. The maximum Gasteiger partial charge on any atom is 0.198 e. The maximum atomic E-state index is 5.68. The van der Waals surface area contributed by atoms with E-state index in [0.29, 0.717) is 5.95 Å². The van der Waals surface area contributed by atoms with Gasteiger partial charge in [0.05, 0.1) is 5.69 Å². The van der Waals surface area contributed by atoms with Crippen LogP contribution in [0.4, 0.5) is 5.95 Å². The highest BCUT2D eigenvalue weighted by atomic mass is 15.0. The lowest BCUT2D eigenvalue weighted by molar-refractivity contribution is 1.26. The number of nitrogens with one attached hydrogen (secondary N) is 1. The van der Waals surface area contributed by atoms with E-state index in [4.69, 9.17) is 5.73 Å². The lowest BCUT2D eigenvalue weighted by atomic mass is 9.97. The maximum absolute atomic E-state index is 5.68. The number of nitrogens with zero attached hydrogens (tertiary/aromatic N) is 1. The van der Waals surface area contributed by atoms with Crippen LogP contribution in [0.2, 0.25) is 0 Å². The van der Waals surface area contributed by atoms with Gasteiger partial charge in [0.25, 0.3) is 0 Å². The van der Waals surface area contributed by atoms with E-state index in [1.54, 1.807) is 0 Å². The number of anilines is 1. The number of nitrogen functional groups attached to an aromatic ring is 1. The molecule has 0 bridgehead atoms. The van der Waals surface area contributed by atoms with E-state index in [1.807, 2.05) is 6.92 Å². The molecule has 84 valence electrons.